The first kappa shape index (κ1) is 49.5. The lowest BCUT2D eigenvalue weighted by Crippen LogP contribution is -2.50. The molecule has 1 heterocycles. The zero-order valence-electron chi connectivity index (χ0n) is 29.9. The van der Waals surface area contributed by atoms with Crippen LogP contribution in [0.15, 0.2) is 0 Å². The Labute approximate surface area is 318 Å². The molecule has 0 aromatic rings. The van der Waals surface area contributed by atoms with Gasteiger partial charge in [-0.05, 0) is 13.3 Å². The van der Waals surface area contributed by atoms with Gasteiger partial charge in [-0.25, -0.2) is 0 Å². The monoisotopic (exact) mass is 811 g/mol. The number of carboxylic acids is 5. The third-order valence-electron chi connectivity index (χ3n) is 7.24. The minimum absolute atomic E-state index is 0.0881. The van der Waals surface area contributed by atoms with Crippen molar-refractivity contribution >= 4 is 81.3 Å². The Bertz CT molecular complexity index is 1240. The van der Waals surface area contributed by atoms with Gasteiger partial charge in [0.25, 0.3) is 0 Å². The van der Waals surface area contributed by atoms with E-state index in [1.54, 1.807) is 21.6 Å². The second-order valence-corrected chi connectivity index (χ2v) is 14.3. The molecule has 24 heteroatoms. The van der Waals surface area contributed by atoms with Crippen molar-refractivity contribution in [1.29, 1.82) is 0 Å². The fraction of sp³-hybridized carbons (Fsp3) is 0.667. The number of ketones is 1. The summed E-state index contributed by atoms with van der Waals surface area (Å²) in [5, 5.41) is 55.8. The molecule has 1 aliphatic heterocycles. The quantitative estimate of drug-likeness (QED) is 0.0360. The van der Waals surface area contributed by atoms with Crippen LogP contribution in [0, 0.1) is 0 Å². The molecule has 54 heavy (non-hydrogen) atoms. The van der Waals surface area contributed by atoms with Crippen LogP contribution in [0.1, 0.15) is 32.6 Å². The summed E-state index contributed by atoms with van der Waals surface area (Å²) in [5.41, 5.74) is 0. The highest BCUT2D eigenvalue weighted by atomic mass is 33.1. The molecule has 0 aromatic heterocycles. The van der Waals surface area contributed by atoms with E-state index >= 15 is 0 Å². The number of nitrogens with one attached hydrogen (secondary N) is 4. The highest BCUT2D eigenvalue weighted by Gasteiger charge is 2.28. The minimum Gasteiger partial charge on any atom is -0.480 e. The second-order valence-electron chi connectivity index (χ2n) is 11.7. The highest BCUT2D eigenvalue weighted by Crippen LogP contribution is 2.24. The summed E-state index contributed by atoms with van der Waals surface area (Å²) in [6.07, 6.45) is 0.331. The molecule has 9 N–H and O–H groups in total. The third-order valence-corrected chi connectivity index (χ3v) is 9.83. The second kappa shape index (κ2) is 28.0. The molecule has 0 aromatic carbocycles. The van der Waals surface area contributed by atoms with Crippen LogP contribution < -0.4 is 21.3 Å². The molecule has 1 rings (SSSR count). The van der Waals surface area contributed by atoms with Gasteiger partial charge >= 0.3 is 29.8 Å². The lowest BCUT2D eigenvalue weighted by molar-refractivity contribution is -0.146. The molecule has 1 fully saturated rings. The van der Waals surface area contributed by atoms with Crippen LogP contribution in [0.4, 0.5) is 0 Å². The minimum atomic E-state index is -1.37. The molecule has 1 saturated heterocycles. The van der Waals surface area contributed by atoms with Gasteiger partial charge in [-0.2, -0.15) is 0 Å². The Hall–Kier alpha value is -4.52. The van der Waals surface area contributed by atoms with Crippen LogP contribution in [-0.4, -0.2) is 196 Å². The zero-order valence-corrected chi connectivity index (χ0v) is 31.5. The van der Waals surface area contributed by atoms with Crippen LogP contribution in [0.25, 0.3) is 0 Å². The number of carbonyl (C=O) groups is 10. The standard InChI is InChI=1S/C20H33N5O12.C10H16N2O3S2/c1-21-15(27)8-22-14(26)3-2-13(20(36)37)25(6-4-23(9-16(28)29)10-17(30)31)7-5-24(11-18(32)33)12-19(34)35;1-7-4-16-17-5-8(11-6-13)9(14)2-3-10(15)12-7/h13H,2-12H2,1H3,(H,21,27)(H,22,26)(H,28,29)(H,30,31)(H,32,33)(H,34,35)(H,36,37);6-8H,2-5H2,1H3,(H,11,13)(H,12,15)/t13-;7-,8?/m01/s1. The summed E-state index contributed by atoms with van der Waals surface area (Å²) >= 11 is 0. The van der Waals surface area contributed by atoms with Gasteiger partial charge in [-0.15, -0.1) is 0 Å². The predicted molar refractivity (Wildman–Crippen MR) is 192 cm³/mol. The summed E-state index contributed by atoms with van der Waals surface area (Å²) < 4.78 is 0. The summed E-state index contributed by atoms with van der Waals surface area (Å²) in [6, 6.07) is -1.73. The molecule has 0 spiro atoms. The van der Waals surface area contributed by atoms with E-state index in [2.05, 4.69) is 21.3 Å². The molecular weight excluding hydrogens is 762 g/mol. The average molecular weight is 812 g/mol. The number of rotatable bonds is 23. The van der Waals surface area contributed by atoms with Gasteiger partial charge in [0.15, 0.2) is 5.78 Å². The third kappa shape index (κ3) is 24.7. The summed E-state index contributed by atoms with van der Waals surface area (Å²) in [4.78, 5) is 117. The molecule has 0 aliphatic carbocycles. The summed E-state index contributed by atoms with van der Waals surface area (Å²) in [7, 11) is 4.50. The van der Waals surface area contributed by atoms with Crippen molar-refractivity contribution in [1.82, 2.24) is 36.0 Å². The lowest BCUT2D eigenvalue weighted by Gasteiger charge is -2.32. The van der Waals surface area contributed by atoms with Gasteiger partial charge in [0, 0.05) is 70.0 Å². The zero-order chi connectivity index (χ0) is 41.2. The van der Waals surface area contributed by atoms with E-state index in [-0.39, 0.29) is 76.1 Å². The van der Waals surface area contributed by atoms with E-state index in [9.17, 15) is 53.1 Å². The molecule has 1 aliphatic rings. The number of hydrogen-bond acceptors (Lipinski definition) is 15. The Kier molecular flexibility index (Phi) is 25.7. The Balaban J connectivity index is 0.00000137. The van der Waals surface area contributed by atoms with Gasteiger partial charge in [0.2, 0.25) is 24.1 Å². The average Bonchev–Trinajstić information content (AvgIpc) is 3.09. The van der Waals surface area contributed by atoms with Gasteiger partial charge in [-0.3, -0.25) is 62.6 Å². The van der Waals surface area contributed by atoms with Crippen molar-refractivity contribution in [2.45, 2.75) is 50.7 Å². The van der Waals surface area contributed by atoms with Gasteiger partial charge in [0.05, 0.1) is 38.8 Å². The normalized spacial score (nSPS) is 16.8. The number of aliphatic carboxylic acids is 5. The summed E-state index contributed by atoms with van der Waals surface area (Å²) in [5.74, 6) is -6.59. The van der Waals surface area contributed by atoms with E-state index in [1.807, 2.05) is 6.92 Å². The van der Waals surface area contributed by atoms with Crippen LogP contribution in [0.3, 0.4) is 0 Å². The first-order valence-electron chi connectivity index (χ1n) is 16.4. The number of carbonyl (C=O) groups excluding carboxylic acids is 5. The van der Waals surface area contributed by atoms with E-state index in [0.717, 1.165) is 15.6 Å². The number of carboxylic acid groups (broad SMARTS) is 5. The van der Waals surface area contributed by atoms with E-state index < -0.39 is 79.9 Å². The van der Waals surface area contributed by atoms with Crippen molar-refractivity contribution in [2.24, 2.45) is 0 Å². The highest BCUT2D eigenvalue weighted by molar-refractivity contribution is 8.76. The van der Waals surface area contributed by atoms with Crippen LogP contribution >= 0.6 is 21.6 Å². The molecule has 3 atom stereocenters. The molecule has 306 valence electrons. The summed E-state index contributed by atoms with van der Waals surface area (Å²) in [6.45, 7) is -1.77. The van der Waals surface area contributed by atoms with Crippen molar-refractivity contribution in [3.05, 3.63) is 0 Å². The number of amides is 4. The molecular formula is C30H49N7O15S2. The molecule has 1 unspecified atom stereocenters. The number of Topliss-reactive ketones (excluding diaryl/α,β-unsaturated/α-hetero) is 1. The van der Waals surface area contributed by atoms with E-state index in [4.69, 9.17) is 20.4 Å². The topological polar surface area (TPSA) is 330 Å². The van der Waals surface area contributed by atoms with Gasteiger partial charge < -0.3 is 46.8 Å². The number of nitrogens with zero attached hydrogens (tertiary/aromatic N) is 3. The maximum Gasteiger partial charge on any atom is 0.320 e. The largest absolute Gasteiger partial charge is 0.480 e. The maximum absolute atomic E-state index is 12.1. The molecule has 0 bridgehead atoms. The van der Waals surface area contributed by atoms with Crippen molar-refractivity contribution < 1.29 is 73.5 Å². The molecule has 0 radical (unpaired) electrons. The first-order valence-corrected chi connectivity index (χ1v) is 18.9. The molecule has 22 nitrogen and oxygen atoms in total. The maximum atomic E-state index is 12.1. The Morgan fingerprint density at radius 3 is 1.74 bits per heavy atom. The fourth-order valence-electron chi connectivity index (χ4n) is 4.62. The SMILES string of the molecule is CNC(=O)CNC(=O)CC[C@@H](C(=O)O)N(CCN(CC(=O)O)CC(=O)O)CCN(CC(=O)O)CC(=O)O.C[C@@H]1CSSCC(NC=O)C(=O)CCC(=O)N1. The van der Waals surface area contributed by atoms with Gasteiger partial charge in [0.1, 0.15) is 6.04 Å². The number of likely N-dealkylation sites (N-methyl/N-ethyl adjacent to an activating group) is 1. The van der Waals surface area contributed by atoms with Crippen LogP contribution in [0.5, 0.6) is 0 Å². The first-order chi connectivity index (χ1) is 25.4. The van der Waals surface area contributed by atoms with Gasteiger partial charge in [-0.1, -0.05) is 21.6 Å². The van der Waals surface area contributed by atoms with E-state index in [0.29, 0.717) is 12.2 Å². The lowest BCUT2D eigenvalue weighted by atomic mass is 10.1. The van der Waals surface area contributed by atoms with Crippen molar-refractivity contribution in [3.8, 4) is 0 Å². The molecule has 4 amide bonds. The van der Waals surface area contributed by atoms with Crippen LogP contribution in [-0.2, 0) is 47.9 Å². The Morgan fingerprint density at radius 1 is 0.796 bits per heavy atom. The van der Waals surface area contributed by atoms with Crippen molar-refractivity contribution in [3.63, 3.8) is 0 Å². The number of hydrogen-bond donors (Lipinski definition) is 9. The predicted octanol–water partition coefficient (Wildman–Crippen LogP) is -3.32. The fourth-order valence-corrected chi connectivity index (χ4v) is 7.12. The van der Waals surface area contributed by atoms with Crippen LogP contribution in [0.2, 0.25) is 0 Å². The van der Waals surface area contributed by atoms with E-state index in [1.165, 1.54) is 11.9 Å². The van der Waals surface area contributed by atoms with Crippen molar-refractivity contribution in [2.75, 3.05) is 77.5 Å². The smallest absolute Gasteiger partial charge is 0.320 e. The Morgan fingerprint density at radius 2 is 1.30 bits per heavy atom. The molecule has 0 saturated carbocycles.